The van der Waals surface area contributed by atoms with Crippen LogP contribution in [0, 0.1) is 0 Å². The molecular weight excluding hydrogens is 370 g/mol. The van der Waals surface area contributed by atoms with E-state index in [1.54, 1.807) is 22.8 Å². The summed E-state index contributed by atoms with van der Waals surface area (Å²) >= 11 is 0. The van der Waals surface area contributed by atoms with Crippen LogP contribution in [-0.2, 0) is 11.3 Å². The van der Waals surface area contributed by atoms with E-state index in [9.17, 15) is 9.59 Å². The second kappa shape index (κ2) is 8.13. The second-order valence-corrected chi connectivity index (χ2v) is 7.63. The lowest BCUT2D eigenvalue weighted by atomic mass is 9.90. The molecule has 152 valence electrons. The van der Waals surface area contributed by atoms with Crippen molar-refractivity contribution in [3.8, 4) is 5.75 Å². The highest BCUT2D eigenvalue weighted by atomic mass is 16.5. The van der Waals surface area contributed by atoms with Crippen LogP contribution in [0.15, 0.2) is 51.7 Å². The monoisotopic (exact) mass is 395 g/mol. The first-order chi connectivity index (χ1) is 14.0. The largest absolute Gasteiger partial charge is 0.493 e. The molecule has 1 aliphatic rings. The topological polar surface area (TPSA) is 76.7 Å². The van der Waals surface area contributed by atoms with Crippen LogP contribution in [0.25, 0.3) is 11.1 Å². The second-order valence-electron chi connectivity index (χ2n) is 7.63. The highest BCUT2D eigenvalue weighted by molar-refractivity contribution is 5.93. The summed E-state index contributed by atoms with van der Waals surface area (Å²) in [4.78, 5) is 26.8. The van der Waals surface area contributed by atoms with Gasteiger partial charge in [-0.05, 0) is 56.3 Å². The van der Waals surface area contributed by atoms with Crippen LogP contribution in [0.2, 0.25) is 0 Å². The standard InChI is InChI=1S/C22H25N3O4/c1-24(2)10-11-25-18-14-16(7-8-20(18)29-22(25)27)23-21(26)13-15-9-12-28-19-6-4-3-5-17(15)19/h3-8,14-15H,9-13H2,1-2H3,(H,23,26). The Kier molecular flexibility index (Phi) is 5.40. The van der Waals surface area contributed by atoms with Crippen LogP contribution < -0.4 is 15.8 Å². The lowest BCUT2D eigenvalue weighted by molar-refractivity contribution is -0.116. The summed E-state index contributed by atoms with van der Waals surface area (Å²) in [6.45, 7) is 1.86. The SMILES string of the molecule is CN(C)CCn1c(=O)oc2ccc(NC(=O)CC3CCOc4ccccc43)cc21. The van der Waals surface area contributed by atoms with Crippen molar-refractivity contribution in [2.24, 2.45) is 0 Å². The summed E-state index contributed by atoms with van der Waals surface area (Å²) in [5.41, 5.74) is 2.94. The van der Waals surface area contributed by atoms with E-state index in [-0.39, 0.29) is 17.6 Å². The molecule has 1 aromatic heterocycles. The van der Waals surface area contributed by atoms with Crippen molar-refractivity contribution in [2.75, 3.05) is 32.6 Å². The molecule has 4 rings (SSSR count). The van der Waals surface area contributed by atoms with Gasteiger partial charge in [0.15, 0.2) is 5.58 Å². The molecule has 0 fully saturated rings. The fourth-order valence-electron chi connectivity index (χ4n) is 3.72. The first-order valence-corrected chi connectivity index (χ1v) is 9.81. The molecule has 1 unspecified atom stereocenters. The maximum Gasteiger partial charge on any atom is 0.419 e. The zero-order valence-corrected chi connectivity index (χ0v) is 16.7. The summed E-state index contributed by atoms with van der Waals surface area (Å²) in [7, 11) is 3.90. The van der Waals surface area contributed by atoms with Crippen LogP contribution in [0.5, 0.6) is 5.75 Å². The zero-order chi connectivity index (χ0) is 20.4. The van der Waals surface area contributed by atoms with Gasteiger partial charge in [0.2, 0.25) is 5.91 Å². The number of nitrogens with one attached hydrogen (secondary N) is 1. The first-order valence-electron chi connectivity index (χ1n) is 9.81. The zero-order valence-electron chi connectivity index (χ0n) is 16.7. The number of hydrogen-bond acceptors (Lipinski definition) is 5. The Hall–Kier alpha value is -3.06. The van der Waals surface area contributed by atoms with E-state index in [4.69, 9.17) is 9.15 Å². The highest BCUT2D eigenvalue weighted by Crippen LogP contribution is 2.35. The third-order valence-corrected chi connectivity index (χ3v) is 5.24. The number of amides is 1. The summed E-state index contributed by atoms with van der Waals surface area (Å²) in [6, 6.07) is 13.2. The van der Waals surface area contributed by atoms with Gasteiger partial charge in [-0.25, -0.2) is 4.79 Å². The van der Waals surface area contributed by atoms with Gasteiger partial charge in [-0.3, -0.25) is 9.36 Å². The van der Waals surface area contributed by atoms with Gasteiger partial charge in [0.1, 0.15) is 5.75 Å². The molecule has 0 aliphatic carbocycles. The molecule has 7 heteroatoms. The number of likely N-dealkylation sites (N-methyl/N-ethyl adjacent to an activating group) is 1. The number of nitrogens with zero attached hydrogens (tertiary/aromatic N) is 2. The van der Waals surface area contributed by atoms with Gasteiger partial charge in [0.05, 0.1) is 12.1 Å². The molecule has 3 aromatic rings. The smallest absolute Gasteiger partial charge is 0.419 e. The summed E-state index contributed by atoms with van der Waals surface area (Å²) < 4.78 is 12.6. The van der Waals surface area contributed by atoms with Gasteiger partial charge >= 0.3 is 5.76 Å². The first kappa shape index (κ1) is 19.3. The van der Waals surface area contributed by atoms with Crippen molar-refractivity contribution in [1.82, 2.24) is 9.47 Å². The minimum atomic E-state index is -0.385. The Morgan fingerprint density at radius 2 is 2.07 bits per heavy atom. The molecule has 0 radical (unpaired) electrons. The number of benzene rings is 2. The normalized spacial score (nSPS) is 15.9. The Morgan fingerprint density at radius 3 is 2.90 bits per heavy atom. The minimum Gasteiger partial charge on any atom is -0.493 e. The molecule has 0 spiro atoms. The van der Waals surface area contributed by atoms with Crippen LogP contribution in [0.1, 0.15) is 24.3 Å². The summed E-state index contributed by atoms with van der Waals surface area (Å²) in [5.74, 6) is 0.554. The lowest BCUT2D eigenvalue weighted by Crippen LogP contribution is -2.23. The van der Waals surface area contributed by atoms with Gasteiger partial charge in [-0.1, -0.05) is 18.2 Å². The number of fused-ring (bicyclic) bond motifs is 2. The molecule has 2 aromatic carbocycles. The van der Waals surface area contributed by atoms with Crippen molar-refractivity contribution in [3.63, 3.8) is 0 Å². The minimum absolute atomic E-state index is 0.0586. The van der Waals surface area contributed by atoms with Gasteiger partial charge in [0.25, 0.3) is 0 Å². The molecule has 1 aliphatic heterocycles. The van der Waals surface area contributed by atoms with E-state index in [0.717, 1.165) is 17.7 Å². The Labute approximate surface area is 168 Å². The van der Waals surface area contributed by atoms with E-state index in [1.807, 2.05) is 43.3 Å². The fraction of sp³-hybridized carbons (Fsp3) is 0.364. The van der Waals surface area contributed by atoms with Crippen molar-refractivity contribution in [1.29, 1.82) is 0 Å². The molecule has 2 heterocycles. The maximum atomic E-state index is 12.7. The average Bonchev–Trinajstić information content (AvgIpc) is 3.01. The van der Waals surface area contributed by atoms with Gasteiger partial charge in [0, 0.05) is 25.2 Å². The number of oxazole rings is 1. The van der Waals surface area contributed by atoms with Gasteiger partial charge < -0.3 is 19.4 Å². The quantitative estimate of drug-likeness (QED) is 0.694. The number of anilines is 1. The van der Waals surface area contributed by atoms with Crippen molar-refractivity contribution in [2.45, 2.75) is 25.3 Å². The number of ether oxygens (including phenoxy) is 1. The Bertz CT molecular complexity index is 1080. The maximum absolute atomic E-state index is 12.7. The molecule has 1 N–H and O–H groups in total. The molecule has 29 heavy (non-hydrogen) atoms. The number of aromatic nitrogens is 1. The Balaban J connectivity index is 1.50. The third kappa shape index (κ3) is 4.19. The number of carbonyl (C=O) groups is 1. The molecular formula is C22H25N3O4. The summed E-state index contributed by atoms with van der Waals surface area (Å²) in [5, 5.41) is 2.97. The van der Waals surface area contributed by atoms with E-state index >= 15 is 0 Å². The van der Waals surface area contributed by atoms with Gasteiger partial charge in [-0.15, -0.1) is 0 Å². The van der Waals surface area contributed by atoms with E-state index in [0.29, 0.717) is 42.9 Å². The highest BCUT2D eigenvalue weighted by Gasteiger charge is 2.23. The molecule has 0 saturated carbocycles. The molecule has 1 atom stereocenters. The molecule has 0 bridgehead atoms. The van der Waals surface area contributed by atoms with Crippen LogP contribution >= 0.6 is 0 Å². The van der Waals surface area contributed by atoms with Crippen LogP contribution in [0.3, 0.4) is 0 Å². The van der Waals surface area contributed by atoms with E-state index in [2.05, 4.69) is 5.32 Å². The van der Waals surface area contributed by atoms with Crippen molar-refractivity contribution >= 4 is 22.7 Å². The third-order valence-electron chi connectivity index (χ3n) is 5.24. The number of carbonyl (C=O) groups excluding carboxylic acids is 1. The van der Waals surface area contributed by atoms with Crippen LogP contribution in [0.4, 0.5) is 5.69 Å². The average molecular weight is 395 g/mol. The molecule has 0 saturated heterocycles. The predicted molar refractivity (Wildman–Crippen MR) is 112 cm³/mol. The number of rotatable bonds is 6. The predicted octanol–water partition coefficient (Wildman–Crippen LogP) is 3.05. The molecule has 7 nitrogen and oxygen atoms in total. The fourth-order valence-corrected chi connectivity index (χ4v) is 3.72. The lowest BCUT2D eigenvalue weighted by Gasteiger charge is -2.25. The summed E-state index contributed by atoms with van der Waals surface area (Å²) in [6.07, 6.45) is 1.20. The van der Waals surface area contributed by atoms with Gasteiger partial charge in [-0.2, -0.15) is 0 Å². The van der Waals surface area contributed by atoms with Crippen molar-refractivity contribution < 1.29 is 13.9 Å². The number of hydrogen-bond donors (Lipinski definition) is 1. The van der Waals surface area contributed by atoms with E-state index in [1.165, 1.54) is 0 Å². The van der Waals surface area contributed by atoms with Crippen molar-refractivity contribution in [3.05, 3.63) is 58.6 Å². The van der Waals surface area contributed by atoms with Crippen LogP contribution in [-0.4, -0.2) is 42.6 Å². The Morgan fingerprint density at radius 1 is 1.24 bits per heavy atom. The van der Waals surface area contributed by atoms with E-state index < -0.39 is 0 Å². The molecule has 1 amide bonds. The number of para-hydroxylation sites is 1.